The van der Waals surface area contributed by atoms with Crippen LogP contribution in [0, 0.1) is 0 Å². The zero-order chi connectivity index (χ0) is 68.4. The van der Waals surface area contributed by atoms with Crippen LogP contribution in [-0.2, 0) is 23.9 Å². The number of nitrogens with two attached hydrogens (primary N) is 5. The Bertz CT molecular complexity index is 2860. The lowest BCUT2D eigenvalue weighted by Crippen LogP contribution is -2.32. The number of carbonyl (C=O) groups is 6. The van der Waals surface area contributed by atoms with Crippen molar-refractivity contribution in [3.05, 3.63) is 179 Å². The van der Waals surface area contributed by atoms with E-state index in [0.717, 1.165) is 28.6 Å². The Labute approximate surface area is 540 Å². The van der Waals surface area contributed by atoms with Gasteiger partial charge in [0.15, 0.2) is 0 Å². The molecule has 20 nitrogen and oxygen atoms in total. The number of nitrogens with one attached hydrogen (secondary N) is 3. The lowest BCUT2D eigenvalue weighted by atomic mass is 10.0. The number of hydrogen-bond acceptors (Lipinski definition) is 14. The van der Waals surface area contributed by atoms with Gasteiger partial charge >= 0.3 is 18.1 Å². The van der Waals surface area contributed by atoms with E-state index in [0.29, 0.717) is 74.2 Å². The maximum Gasteiger partial charge on any atom is 0.404 e. The van der Waals surface area contributed by atoms with Crippen molar-refractivity contribution in [3.63, 3.8) is 0 Å². The van der Waals surface area contributed by atoms with Crippen LogP contribution in [0.3, 0.4) is 0 Å². The molecule has 20 heteroatoms. The number of urea groups is 1. The van der Waals surface area contributed by atoms with E-state index in [2.05, 4.69) is 116 Å². The fourth-order valence-corrected chi connectivity index (χ4v) is 7.46. The molecule has 0 aliphatic carbocycles. The number of nitrogens with zero attached hydrogens (tertiary/aromatic N) is 1. The number of esters is 1. The number of amides is 6. The zero-order valence-electron chi connectivity index (χ0n) is 56.0. The highest BCUT2D eigenvalue weighted by molar-refractivity contribution is 5.92. The van der Waals surface area contributed by atoms with Gasteiger partial charge in [0.2, 0.25) is 17.7 Å². The van der Waals surface area contributed by atoms with Crippen molar-refractivity contribution in [2.75, 3.05) is 77.3 Å². The Morgan fingerprint density at radius 1 is 0.407 bits per heavy atom. The van der Waals surface area contributed by atoms with Gasteiger partial charge in [-0.15, -0.1) is 0 Å². The van der Waals surface area contributed by atoms with Crippen LogP contribution < -0.4 is 63.6 Å². The topological polar surface area (TPSA) is 318 Å². The van der Waals surface area contributed by atoms with Crippen LogP contribution in [0.25, 0.3) is 0 Å². The smallest absolute Gasteiger partial charge is 0.404 e. The van der Waals surface area contributed by atoms with E-state index in [4.69, 9.17) is 47.6 Å². The van der Waals surface area contributed by atoms with E-state index in [9.17, 15) is 28.8 Å². The molecule has 498 valence electrons. The van der Waals surface area contributed by atoms with E-state index in [1.54, 1.807) is 12.1 Å². The molecule has 0 aliphatic heterocycles. The molecule has 0 fully saturated rings. The lowest BCUT2D eigenvalue weighted by Gasteiger charge is -2.11. The van der Waals surface area contributed by atoms with Crippen LogP contribution in [0.1, 0.15) is 158 Å². The average molecular weight is 1260 g/mol. The normalized spacial score (nSPS) is 10.4. The molecule has 6 rings (SSSR count). The number of primary amides is 3. The summed E-state index contributed by atoms with van der Waals surface area (Å²) in [5, 5.41) is 8.01. The largest absolute Gasteiger partial charge is 0.493 e. The standard InChI is InChI=1S/C13H20N2O.C12H18N2O2.C12H17NO3.C12H17NO2.C11H16N2O.C11H15NO2/c1-10(2)11-5-7-12(8-6-11)14-13(16)9-15(3)4;1-9(2)10-3-5-11(6-4-10)16-8-7-14-12(13)15;1-9(2)10-3-5-11(6-4-10)15-7-8-16-12(13)14;1-9(2)10-3-5-11(6-4-10)15-8-7-12(13)14;1-8(2)9-3-5-10(6-4-9)13-11(14)7-12;1-8(2)9-3-5-10(6-4-9)14-11(13)7-12/h5-8,10H,9H2,1-4H3,(H,14,16);3-6,9H,7-8H2,1-2H3,(H3,13,14,15);3-6,9H,7-8H2,1-2H3,(H2,13,14);3-6,9H,7-8H2,1-2H3,(H2,13,14);3-6,8H,7,12H2,1-2H3,(H,13,14);3-6,8H,7,12H2,1-2H3. The van der Waals surface area contributed by atoms with Gasteiger partial charge in [-0.2, -0.15) is 0 Å². The van der Waals surface area contributed by atoms with Gasteiger partial charge < -0.3 is 73.2 Å². The summed E-state index contributed by atoms with van der Waals surface area (Å²) in [6, 6.07) is 46.4. The number of anilines is 2. The van der Waals surface area contributed by atoms with Crippen molar-refractivity contribution in [2.24, 2.45) is 28.7 Å². The fourth-order valence-electron chi connectivity index (χ4n) is 7.46. The summed E-state index contributed by atoms with van der Waals surface area (Å²) in [5.41, 5.74) is 34.3. The molecule has 6 aromatic carbocycles. The third-order valence-electron chi connectivity index (χ3n) is 12.8. The van der Waals surface area contributed by atoms with Crippen LogP contribution in [0.4, 0.5) is 21.0 Å². The van der Waals surface area contributed by atoms with Crippen LogP contribution >= 0.6 is 0 Å². The second-order valence-corrected chi connectivity index (χ2v) is 22.9. The van der Waals surface area contributed by atoms with E-state index < -0.39 is 18.1 Å². The van der Waals surface area contributed by atoms with Gasteiger partial charge in [0.1, 0.15) is 42.8 Å². The Morgan fingerprint density at radius 2 is 0.725 bits per heavy atom. The highest BCUT2D eigenvalue weighted by Crippen LogP contribution is 2.23. The van der Waals surface area contributed by atoms with Crippen molar-refractivity contribution in [3.8, 4) is 23.0 Å². The Balaban J connectivity index is 0.000000546. The van der Waals surface area contributed by atoms with Gasteiger partial charge in [-0.05, 0) is 156 Å². The first-order valence-corrected chi connectivity index (χ1v) is 30.6. The predicted octanol–water partition coefficient (Wildman–Crippen LogP) is 11.9. The van der Waals surface area contributed by atoms with Gasteiger partial charge in [0.25, 0.3) is 0 Å². The minimum absolute atomic E-state index is 0.0160. The van der Waals surface area contributed by atoms with E-state index >= 15 is 0 Å². The SMILES string of the molecule is CC(C)c1ccc(NC(=O)CN(C)C)cc1.CC(C)c1ccc(NC(=O)CN)cc1.CC(C)c1ccc(OC(=O)CN)cc1.CC(C)c1ccc(OCCC(N)=O)cc1.CC(C)c1ccc(OCCNC(N)=O)cc1.CC(C)c1ccc(OCCOC(N)=O)cc1. The molecule has 0 aromatic heterocycles. The highest BCUT2D eigenvalue weighted by Gasteiger charge is 2.08. The molecule has 0 saturated heterocycles. The Kier molecular flexibility index (Phi) is 39.8. The minimum Gasteiger partial charge on any atom is -0.493 e. The summed E-state index contributed by atoms with van der Waals surface area (Å²) in [6.07, 6.45) is -0.523. The highest BCUT2D eigenvalue weighted by atomic mass is 16.6. The molecule has 0 radical (unpaired) electrons. The van der Waals surface area contributed by atoms with E-state index in [1.165, 1.54) is 33.4 Å². The average Bonchev–Trinajstić information content (AvgIpc) is 3.37. The number of ether oxygens (including phenoxy) is 5. The fraction of sp³-hybridized carbons (Fsp3) is 0.408. The summed E-state index contributed by atoms with van der Waals surface area (Å²) < 4.78 is 25.6. The number of benzene rings is 6. The summed E-state index contributed by atoms with van der Waals surface area (Å²) >= 11 is 0. The molecule has 0 atom stereocenters. The molecule has 0 heterocycles. The number of hydrogen-bond donors (Lipinski definition) is 8. The molecule has 0 aliphatic rings. The molecule has 6 amide bonds. The van der Waals surface area contributed by atoms with Crippen molar-refractivity contribution < 1.29 is 52.5 Å². The number of carbonyl (C=O) groups excluding carboxylic acids is 6. The maximum absolute atomic E-state index is 11.5. The summed E-state index contributed by atoms with van der Waals surface area (Å²) in [5.74, 6) is 5.04. The lowest BCUT2D eigenvalue weighted by molar-refractivity contribution is -0.132. The third-order valence-corrected chi connectivity index (χ3v) is 12.8. The van der Waals surface area contributed by atoms with Gasteiger partial charge in [0.05, 0.1) is 39.2 Å². The maximum atomic E-state index is 11.5. The van der Waals surface area contributed by atoms with Crippen LogP contribution in [0.15, 0.2) is 146 Å². The molecule has 13 N–H and O–H groups in total. The first-order chi connectivity index (χ1) is 43.0. The predicted molar refractivity (Wildman–Crippen MR) is 366 cm³/mol. The first-order valence-electron chi connectivity index (χ1n) is 30.6. The Hall–Kier alpha value is -8.98. The minimum atomic E-state index is -0.779. The van der Waals surface area contributed by atoms with E-state index in [1.807, 2.05) is 140 Å². The van der Waals surface area contributed by atoms with Crippen LogP contribution in [-0.4, -0.2) is 107 Å². The van der Waals surface area contributed by atoms with Crippen molar-refractivity contribution in [1.82, 2.24) is 10.2 Å². The Morgan fingerprint density at radius 3 is 1.02 bits per heavy atom. The molecule has 0 unspecified atom stereocenters. The molecule has 0 bridgehead atoms. The van der Waals surface area contributed by atoms with Crippen molar-refractivity contribution in [2.45, 2.75) is 125 Å². The molecule has 91 heavy (non-hydrogen) atoms. The summed E-state index contributed by atoms with van der Waals surface area (Å²) in [4.78, 5) is 66.3. The molecule has 6 aromatic rings. The van der Waals surface area contributed by atoms with Crippen LogP contribution in [0.2, 0.25) is 0 Å². The van der Waals surface area contributed by atoms with E-state index in [-0.39, 0.29) is 43.8 Å². The second kappa shape index (κ2) is 45.3. The number of likely N-dealkylation sites (N-methyl/N-ethyl adjacent to an activating group) is 1. The van der Waals surface area contributed by atoms with Crippen molar-refractivity contribution in [1.29, 1.82) is 0 Å². The quantitative estimate of drug-likeness (QED) is 0.0150. The van der Waals surface area contributed by atoms with Crippen LogP contribution in [0.5, 0.6) is 23.0 Å². The number of rotatable bonds is 25. The third kappa shape index (κ3) is 38.2. The molecular formula is C71H103N9O11. The van der Waals surface area contributed by atoms with Gasteiger partial charge in [0, 0.05) is 11.4 Å². The first kappa shape index (κ1) is 80.0. The van der Waals surface area contributed by atoms with Gasteiger partial charge in [-0.1, -0.05) is 156 Å². The summed E-state index contributed by atoms with van der Waals surface area (Å²) in [7, 11) is 3.75. The van der Waals surface area contributed by atoms with Crippen molar-refractivity contribution >= 4 is 47.2 Å². The molecular weight excluding hydrogens is 1150 g/mol. The van der Waals surface area contributed by atoms with Gasteiger partial charge in [-0.25, -0.2) is 9.59 Å². The molecule has 0 spiro atoms. The summed E-state index contributed by atoms with van der Waals surface area (Å²) in [6.45, 7) is 27.6. The van der Waals surface area contributed by atoms with Gasteiger partial charge in [-0.3, -0.25) is 19.2 Å². The second-order valence-electron chi connectivity index (χ2n) is 22.9. The monoisotopic (exact) mass is 1260 g/mol. The zero-order valence-corrected chi connectivity index (χ0v) is 56.0. The molecule has 0 saturated carbocycles.